The number of methoxy groups -OCH3 is 1. The van der Waals surface area contributed by atoms with Crippen LogP contribution in [-0.4, -0.2) is 42.3 Å². The molecule has 0 radical (unpaired) electrons. The highest BCUT2D eigenvalue weighted by Crippen LogP contribution is 2.11. The molecule has 0 spiro atoms. The first-order valence-electron chi connectivity index (χ1n) is 5.51. The normalized spacial score (nSPS) is 24.7. The second-order valence-corrected chi connectivity index (χ2v) is 4.16. The highest BCUT2D eigenvalue weighted by Gasteiger charge is 2.27. The van der Waals surface area contributed by atoms with E-state index in [-0.39, 0.29) is 12.1 Å². The van der Waals surface area contributed by atoms with Crippen molar-refractivity contribution in [2.24, 2.45) is 0 Å². The van der Waals surface area contributed by atoms with Crippen molar-refractivity contribution in [3.05, 3.63) is 17.5 Å². The fourth-order valence-electron chi connectivity index (χ4n) is 2.00. The Bertz CT molecular complexity index is 349. The van der Waals surface area contributed by atoms with Gasteiger partial charge in [-0.05, 0) is 19.9 Å². The molecule has 0 bridgehead atoms. The van der Waals surface area contributed by atoms with Crippen LogP contribution in [0.4, 0.5) is 5.95 Å². The summed E-state index contributed by atoms with van der Waals surface area (Å²) in [5.74, 6) is 0.688. The number of hydrogen-bond acceptors (Lipinski definition) is 5. The minimum atomic E-state index is 0.185. The van der Waals surface area contributed by atoms with Crippen LogP contribution in [-0.2, 0) is 4.74 Å². The van der Waals surface area contributed by atoms with Crippen molar-refractivity contribution in [2.75, 3.05) is 25.5 Å². The maximum absolute atomic E-state index is 5.38. The van der Waals surface area contributed by atoms with Gasteiger partial charge in [0.05, 0.1) is 12.1 Å². The average molecular weight is 222 g/mol. The van der Waals surface area contributed by atoms with Crippen LogP contribution >= 0.6 is 0 Å². The summed E-state index contributed by atoms with van der Waals surface area (Å²) in [6.07, 6.45) is 0.185. The Balaban J connectivity index is 2.08. The van der Waals surface area contributed by atoms with E-state index in [1.807, 2.05) is 19.9 Å². The lowest BCUT2D eigenvalue weighted by Gasteiger charge is -2.18. The van der Waals surface area contributed by atoms with Crippen molar-refractivity contribution < 1.29 is 4.74 Å². The van der Waals surface area contributed by atoms with Crippen molar-refractivity contribution in [3.63, 3.8) is 0 Å². The van der Waals surface area contributed by atoms with Crippen LogP contribution in [0.25, 0.3) is 0 Å². The van der Waals surface area contributed by atoms with Gasteiger partial charge in [0.25, 0.3) is 0 Å². The number of rotatable bonds is 3. The molecule has 5 heteroatoms. The Hall–Kier alpha value is -1.20. The molecule has 0 aromatic carbocycles. The van der Waals surface area contributed by atoms with Crippen LogP contribution in [0.2, 0.25) is 0 Å². The highest BCUT2D eigenvalue weighted by molar-refractivity contribution is 5.30. The number of aryl methyl sites for hydroxylation is 2. The van der Waals surface area contributed by atoms with Crippen molar-refractivity contribution in [3.8, 4) is 0 Å². The van der Waals surface area contributed by atoms with E-state index in [0.29, 0.717) is 5.95 Å². The van der Waals surface area contributed by atoms with Crippen LogP contribution in [0.1, 0.15) is 11.4 Å². The summed E-state index contributed by atoms with van der Waals surface area (Å²) in [4.78, 5) is 8.72. The van der Waals surface area contributed by atoms with Gasteiger partial charge in [0.1, 0.15) is 0 Å². The minimum Gasteiger partial charge on any atom is -0.378 e. The number of nitrogens with zero attached hydrogens (tertiary/aromatic N) is 2. The highest BCUT2D eigenvalue weighted by atomic mass is 16.5. The van der Waals surface area contributed by atoms with Crippen LogP contribution in [0.5, 0.6) is 0 Å². The number of ether oxygens (including phenoxy) is 1. The average Bonchev–Trinajstić information content (AvgIpc) is 2.63. The fourth-order valence-corrected chi connectivity index (χ4v) is 2.00. The van der Waals surface area contributed by atoms with Crippen LogP contribution < -0.4 is 10.6 Å². The molecule has 0 aliphatic carbocycles. The lowest BCUT2D eigenvalue weighted by Crippen LogP contribution is -2.34. The number of nitrogens with one attached hydrogen (secondary N) is 2. The predicted molar refractivity (Wildman–Crippen MR) is 62.6 cm³/mol. The van der Waals surface area contributed by atoms with E-state index in [0.717, 1.165) is 24.5 Å². The van der Waals surface area contributed by atoms with Gasteiger partial charge in [-0.3, -0.25) is 0 Å². The molecule has 5 nitrogen and oxygen atoms in total. The van der Waals surface area contributed by atoms with Gasteiger partial charge in [-0.2, -0.15) is 0 Å². The summed E-state index contributed by atoms with van der Waals surface area (Å²) in [5.41, 5.74) is 1.96. The van der Waals surface area contributed by atoms with E-state index in [1.54, 1.807) is 7.11 Å². The molecule has 2 atom stereocenters. The molecule has 2 N–H and O–H groups in total. The number of anilines is 1. The lowest BCUT2D eigenvalue weighted by molar-refractivity contribution is 0.111. The Labute approximate surface area is 95.6 Å². The van der Waals surface area contributed by atoms with E-state index in [1.165, 1.54) is 0 Å². The summed E-state index contributed by atoms with van der Waals surface area (Å²) in [6.45, 7) is 5.70. The first-order chi connectivity index (χ1) is 7.69. The molecule has 2 heterocycles. The quantitative estimate of drug-likeness (QED) is 0.779. The molecule has 1 saturated heterocycles. The van der Waals surface area contributed by atoms with Gasteiger partial charge in [-0.25, -0.2) is 9.97 Å². The van der Waals surface area contributed by atoms with Crippen molar-refractivity contribution in [2.45, 2.75) is 26.0 Å². The zero-order valence-electron chi connectivity index (χ0n) is 9.95. The van der Waals surface area contributed by atoms with Crippen molar-refractivity contribution >= 4 is 5.95 Å². The maximum Gasteiger partial charge on any atom is 0.223 e. The summed E-state index contributed by atoms with van der Waals surface area (Å²) in [6, 6.07) is 2.21. The maximum atomic E-state index is 5.38. The predicted octanol–water partition coefficient (Wildman–Crippen LogP) is 0.492. The Morgan fingerprint density at radius 1 is 1.31 bits per heavy atom. The van der Waals surface area contributed by atoms with E-state index in [4.69, 9.17) is 4.74 Å². The molecule has 0 saturated carbocycles. The second kappa shape index (κ2) is 4.76. The topological polar surface area (TPSA) is 59.1 Å². The van der Waals surface area contributed by atoms with Gasteiger partial charge in [0.15, 0.2) is 0 Å². The fraction of sp³-hybridized carbons (Fsp3) is 0.636. The molecule has 0 amide bonds. The van der Waals surface area contributed by atoms with Gasteiger partial charge < -0.3 is 15.4 Å². The zero-order valence-corrected chi connectivity index (χ0v) is 9.95. The van der Waals surface area contributed by atoms with Gasteiger partial charge in [0, 0.05) is 31.6 Å². The Kier molecular flexibility index (Phi) is 3.36. The molecular weight excluding hydrogens is 204 g/mol. The molecule has 1 fully saturated rings. The molecule has 88 valence electrons. The third-order valence-corrected chi connectivity index (χ3v) is 2.76. The second-order valence-electron chi connectivity index (χ2n) is 4.16. The van der Waals surface area contributed by atoms with E-state index in [9.17, 15) is 0 Å². The zero-order chi connectivity index (χ0) is 11.5. The van der Waals surface area contributed by atoms with E-state index >= 15 is 0 Å². The minimum absolute atomic E-state index is 0.185. The Morgan fingerprint density at radius 3 is 2.62 bits per heavy atom. The third kappa shape index (κ3) is 2.48. The smallest absolute Gasteiger partial charge is 0.223 e. The first kappa shape index (κ1) is 11.3. The summed E-state index contributed by atoms with van der Waals surface area (Å²) in [5, 5.41) is 6.59. The number of aromatic nitrogens is 2. The molecule has 1 aliphatic rings. The van der Waals surface area contributed by atoms with Gasteiger partial charge in [-0.15, -0.1) is 0 Å². The third-order valence-electron chi connectivity index (χ3n) is 2.76. The molecule has 2 rings (SSSR count). The SMILES string of the molecule is CO[C@H]1CNCC1Nc1nc(C)cc(C)n1. The van der Waals surface area contributed by atoms with Gasteiger partial charge >= 0.3 is 0 Å². The summed E-state index contributed by atoms with van der Waals surface area (Å²) in [7, 11) is 1.73. The monoisotopic (exact) mass is 222 g/mol. The Morgan fingerprint density at radius 2 is 2.00 bits per heavy atom. The van der Waals surface area contributed by atoms with Gasteiger partial charge in [-0.1, -0.05) is 0 Å². The van der Waals surface area contributed by atoms with Crippen molar-refractivity contribution in [1.29, 1.82) is 0 Å². The van der Waals surface area contributed by atoms with Crippen LogP contribution in [0.15, 0.2) is 6.07 Å². The lowest BCUT2D eigenvalue weighted by atomic mass is 10.2. The van der Waals surface area contributed by atoms with Crippen LogP contribution in [0, 0.1) is 13.8 Å². The van der Waals surface area contributed by atoms with Crippen molar-refractivity contribution in [1.82, 2.24) is 15.3 Å². The molecule has 1 unspecified atom stereocenters. The largest absolute Gasteiger partial charge is 0.378 e. The van der Waals surface area contributed by atoms with Gasteiger partial charge in [0.2, 0.25) is 5.95 Å². The number of hydrogen-bond donors (Lipinski definition) is 2. The molecule has 1 aromatic heterocycles. The molecule has 1 aromatic rings. The van der Waals surface area contributed by atoms with E-state index < -0.39 is 0 Å². The first-order valence-corrected chi connectivity index (χ1v) is 5.51. The summed E-state index contributed by atoms with van der Waals surface area (Å²) < 4.78 is 5.38. The summed E-state index contributed by atoms with van der Waals surface area (Å²) >= 11 is 0. The molecule has 16 heavy (non-hydrogen) atoms. The van der Waals surface area contributed by atoms with Crippen LogP contribution in [0.3, 0.4) is 0 Å². The molecule has 1 aliphatic heterocycles. The molecular formula is C11H18N4O. The standard InChI is InChI=1S/C11H18N4O/c1-7-4-8(2)14-11(13-7)15-9-5-12-6-10(9)16-3/h4,9-10,12H,5-6H2,1-3H3,(H,13,14,15)/t9?,10-/m0/s1. The van der Waals surface area contributed by atoms with E-state index in [2.05, 4.69) is 20.6 Å².